The first kappa shape index (κ1) is 16.1. The van der Waals surface area contributed by atoms with Crippen LogP contribution in [0.2, 0.25) is 0 Å². The minimum Gasteiger partial charge on any atom is -0.385 e. The summed E-state index contributed by atoms with van der Waals surface area (Å²) in [7, 11) is 0. The molecule has 0 aliphatic heterocycles. The highest BCUT2D eigenvalue weighted by molar-refractivity contribution is 5.94. The summed E-state index contributed by atoms with van der Waals surface area (Å²) < 4.78 is 0. The van der Waals surface area contributed by atoms with E-state index in [9.17, 15) is 4.79 Å². The third-order valence-electron chi connectivity index (χ3n) is 3.63. The second-order valence-electron chi connectivity index (χ2n) is 5.41. The lowest BCUT2D eigenvalue weighted by Gasteiger charge is -2.11. The van der Waals surface area contributed by atoms with Crippen molar-refractivity contribution in [1.29, 1.82) is 0 Å². The van der Waals surface area contributed by atoms with Gasteiger partial charge >= 0.3 is 0 Å². The molecule has 0 fully saturated rings. The number of hydrogen-bond acceptors (Lipinski definition) is 2. The molecule has 3 nitrogen and oxygen atoms in total. The van der Waals surface area contributed by atoms with Gasteiger partial charge in [0.25, 0.3) is 5.91 Å². The molecule has 0 atom stereocenters. The standard InChI is InChI=1S/C19H24N2O/c1-3-20-19(22)17-11-12-18(15(2)14-17)21-13-7-10-16-8-5-4-6-9-16/h4-6,8-9,11-12,14,21H,3,7,10,13H2,1-2H3,(H,20,22). The first-order chi connectivity index (χ1) is 10.7. The molecule has 3 heteroatoms. The first-order valence-corrected chi connectivity index (χ1v) is 7.87. The number of anilines is 1. The van der Waals surface area contributed by atoms with Crippen molar-refractivity contribution >= 4 is 11.6 Å². The van der Waals surface area contributed by atoms with Crippen LogP contribution in [-0.2, 0) is 6.42 Å². The van der Waals surface area contributed by atoms with E-state index in [2.05, 4.69) is 34.9 Å². The van der Waals surface area contributed by atoms with Gasteiger partial charge in [0, 0.05) is 24.3 Å². The van der Waals surface area contributed by atoms with Gasteiger partial charge in [-0.1, -0.05) is 30.3 Å². The highest BCUT2D eigenvalue weighted by Crippen LogP contribution is 2.16. The number of hydrogen-bond donors (Lipinski definition) is 2. The zero-order valence-corrected chi connectivity index (χ0v) is 13.4. The maximum absolute atomic E-state index is 11.8. The lowest BCUT2D eigenvalue weighted by molar-refractivity contribution is 0.0956. The summed E-state index contributed by atoms with van der Waals surface area (Å²) in [6.07, 6.45) is 2.16. The van der Waals surface area contributed by atoms with Gasteiger partial charge in [-0.05, 0) is 56.0 Å². The zero-order valence-electron chi connectivity index (χ0n) is 13.4. The van der Waals surface area contributed by atoms with Crippen molar-refractivity contribution < 1.29 is 4.79 Å². The maximum Gasteiger partial charge on any atom is 0.251 e. The van der Waals surface area contributed by atoms with Crippen LogP contribution in [0, 0.1) is 6.92 Å². The molecule has 0 aliphatic rings. The molecule has 22 heavy (non-hydrogen) atoms. The molecule has 0 bridgehead atoms. The van der Waals surface area contributed by atoms with Gasteiger partial charge in [-0.3, -0.25) is 4.79 Å². The van der Waals surface area contributed by atoms with E-state index in [0.29, 0.717) is 12.1 Å². The van der Waals surface area contributed by atoms with E-state index in [1.165, 1.54) is 5.56 Å². The molecule has 0 spiro atoms. The summed E-state index contributed by atoms with van der Waals surface area (Å²) >= 11 is 0. The van der Waals surface area contributed by atoms with Crippen LogP contribution in [0.3, 0.4) is 0 Å². The van der Waals surface area contributed by atoms with Crippen molar-refractivity contribution in [1.82, 2.24) is 5.32 Å². The van der Waals surface area contributed by atoms with Crippen LogP contribution in [0.4, 0.5) is 5.69 Å². The van der Waals surface area contributed by atoms with E-state index < -0.39 is 0 Å². The Hall–Kier alpha value is -2.29. The summed E-state index contributed by atoms with van der Waals surface area (Å²) in [6.45, 7) is 5.53. The predicted octanol–water partition coefficient (Wildman–Crippen LogP) is 3.79. The molecule has 0 saturated carbocycles. The molecule has 0 aromatic heterocycles. The largest absolute Gasteiger partial charge is 0.385 e. The number of nitrogens with one attached hydrogen (secondary N) is 2. The summed E-state index contributed by atoms with van der Waals surface area (Å²) in [4.78, 5) is 11.8. The molecular weight excluding hydrogens is 272 g/mol. The van der Waals surface area contributed by atoms with Gasteiger partial charge in [0.05, 0.1) is 0 Å². The second kappa shape index (κ2) is 8.23. The topological polar surface area (TPSA) is 41.1 Å². The van der Waals surface area contributed by atoms with Crippen LogP contribution in [-0.4, -0.2) is 19.0 Å². The Morgan fingerprint density at radius 2 is 1.86 bits per heavy atom. The molecule has 116 valence electrons. The normalized spacial score (nSPS) is 10.3. The van der Waals surface area contributed by atoms with E-state index in [0.717, 1.165) is 30.6 Å². The summed E-state index contributed by atoms with van der Waals surface area (Å²) in [5.74, 6) is -0.0128. The average molecular weight is 296 g/mol. The number of rotatable bonds is 7. The van der Waals surface area contributed by atoms with Crippen LogP contribution in [0.25, 0.3) is 0 Å². The van der Waals surface area contributed by atoms with Crippen LogP contribution in [0.5, 0.6) is 0 Å². The minimum atomic E-state index is -0.0128. The predicted molar refractivity (Wildman–Crippen MR) is 92.4 cm³/mol. The smallest absolute Gasteiger partial charge is 0.251 e. The van der Waals surface area contributed by atoms with Crippen LogP contribution >= 0.6 is 0 Å². The Labute approximate surface area is 132 Å². The van der Waals surface area contributed by atoms with Crippen molar-refractivity contribution in [3.05, 3.63) is 65.2 Å². The fourth-order valence-electron chi connectivity index (χ4n) is 2.43. The fraction of sp³-hybridized carbons (Fsp3) is 0.316. The second-order valence-corrected chi connectivity index (χ2v) is 5.41. The van der Waals surface area contributed by atoms with Crippen LogP contribution < -0.4 is 10.6 Å². The maximum atomic E-state index is 11.8. The molecule has 2 aromatic rings. The van der Waals surface area contributed by atoms with Crippen LogP contribution in [0.15, 0.2) is 48.5 Å². The SMILES string of the molecule is CCNC(=O)c1ccc(NCCCc2ccccc2)c(C)c1. The number of aryl methyl sites for hydroxylation is 2. The molecule has 0 aliphatic carbocycles. The van der Waals surface area contributed by atoms with E-state index >= 15 is 0 Å². The Morgan fingerprint density at radius 3 is 2.55 bits per heavy atom. The third-order valence-corrected chi connectivity index (χ3v) is 3.63. The molecule has 0 saturated heterocycles. The minimum absolute atomic E-state index is 0.0128. The molecule has 0 heterocycles. The highest BCUT2D eigenvalue weighted by atomic mass is 16.1. The van der Waals surface area contributed by atoms with E-state index in [1.807, 2.05) is 38.1 Å². The molecule has 0 unspecified atom stereocenters. The molecule has 0 radical (unpaired) electrons. The summed E-state index contributed by atoms with van der Waals surface area (Å²) in [6, 6.07) is 16.3. The van der Waals surface area contributed by atoms with E-state index in [-0.39, 0.29) is 5.91 Å². The van der Waals surface area contributed by atoms with Gasteiger partial charge in [-0.2, -0.15) is 0 Å². The molecule has 2 rings (SSSR count). The van der Waals surface area contributed by atoms with Crippen molar-refractivity contribution in [2.24, 2.45) is 0 Å². The Morgan fingerprint density at radius 1 is 1.09 bits per heavy atom. The van der Waals surface area contributed by atoms with Gasteiger partial charge in [0.2, 0.25) is 0 Å². The van der Waals surface area contributed by atoms with E-state index in [1.54, 1.807) is 0 Å². The molecule has 1 amide bonds. The number of amides is 1. The molecule has 2 aromatic carbocycles. The average Bonchev–Trinajstić information content (AvgIpc) is 2.54. The molecule has 2 N–H and O–H groups in total. The Kier molecular flexibility index (Phi) is 6.01. The Balaban J connectivity index is 1.84. The number of carbonyl (C=O) groups is 1. The zero-order chi connectivity index (χ0) is 15.8. The fourth-order valence-corrected chi connectivity index (χ4v) is 2.43. The number of carbonyl (C=O) groups excluding carboxylic acids is 1. The summed E-state index contributed by atoms with van der Waals surface area (Å²) in [5.41, 5.74) is 4.28. The van der Waals surface area contributed by atoms with Crippen LogP contribution in [0.1, 0.15) is 34.8 Å². The van der Waals surface area contributed by atoms with Gasteiger partial charge in [-0.15, -0.1) is 0 Å². The monoisotopic (exact) mass is 296 g/mol. The number of benzene rings is 2. The van der Waals surface area contributed by atoms with Crippen molar-refractivity contribution in [3.8, 4) is 0 Å². The molecular formula is C19H24N2O. The quantitative estimate of drug-likeness (QED) is 0.763. The lowest BCUT2D eigenvalue weighted by atomic mass is 10.1. The first-order valence-electron chi connectivity index (χ1n) is 7.87. The summed E-state index contributed by atoms with van der Waals surface area (Å²) in [5, 5.41) is 6.27. The van der Waals surface area contributed by atoms with Gasteiger partial charge in [0.15, 0.2) is 0 Å². The van der Waals surface area contributed by atoms with Gasteiger partial charge in [-0.25, -0.2) is 0 Å². The van der Waals surface area contributed by atoms with Gasteiger partial charge < -0.3 is 10.6 Å². The van der Waals surface area contributed by atoms with Crippen molar-refractivity contribution in [2.75, 3.05) is 18.4 Å². The van der Waals surface area contributed by atoms with Gasteiger partial charge in [0.1, 0.15) is 0 Å². The van der Waals surface area contributed by atoms with Crippen molar-refractivity contribution in [2.45, 2.75) is 26.7 Å². The van der Waals surface area contributed by atoms with E-state index in [4.69, 9.17) is 0 Å². The third kappa shape index (κ3) is 4.62. The Bertz CT molecular complexity index is 608. The van der Waals surface area contributed by atoms with Crippen molar-refractivity contribution in [3.63, 3.8) is 0 Å². The lowest BCUT2D eigenvalue weighted by Crippen LogP contribution is -2.22. The highest BCUT2D eigenvalue weighted by Gasteiger charge is 2.06.